The third-order valence-electron chi connectivity index (χ3n) is 6.44. The minimum absolute atomic E-state index is 0.0147. The molecule has 170 valence electrons. The first-order valence-corrected chi connectivity index (χ1v) is 11.0. The van der Waals surface area contributed by atoms with Crippen molar-refractivity contribution < 1.29 is 14.3 Å². The Hall–Kier alpha value is -3.23. The molecule has 0 saturated heterocycles. The predicted molar refractivity (Wildman–Crippen MR) is 121 cm³/mol. The average molecular weight is 440 g/mol. The monoisotopic (exact) mass is 439 g/mol. The number of fused-ring (bicyclic) bond motifs is 1. The Bertz CT molecular complexity index is 1200. The number of allylic oxidation sites excluding steroid dienone is 1. The lowest BCUT2D eigenvalue weighted by Gasteiger charge is -2.29. The van der Waals surface area contributed by atoms with Crippen LogP contribution in [0.3, 0.4) is 0 Å². The van der Waals surface area contributed by atoms with E-state index >= 15 is 0 Å². The van der Waals surface area contributed by atoms with Gasteiger partial charge in [0.25, 0.3) is 5.91 Å². The zero-order chi connectivity index (χ0) is 23.0. The third-order valence-corrected chi connectivity index (χ3v) is 6.44. The van der Waals surface area contributed by atoms with Crippen molar-refractivity contribution in [3.8, 4) is 5.75 Å². The van der Waals surface area contributed by atoms with Crippen LogP contribution in [0, 0.1) is 12.8 Å². The van der Waals surface area contributed by atoms with Crippen LogP contribution in [0.4, 0.5) is 0 Å². The Morgan fingerprint density at radius 3 is 2.59 bits per heavy atom. The maximum Gasteiger partial charge on any atom is 0.330 e. The van der Waals surface area contributed by atoms with Gasteiger partial charge in [-0.2, -0.15) is 0 Å². The highest BCUT2D eigenvalue weighted by molar-refractivity contribution is 6.23. The van der Waals surface area contributed by atoms with Crippen LogP contribution in [0.1, 0.15) is 44.7 Å². The molecule has 0 unspecified atom stereocenters. The third kappa shape index (κ3) is 3.99. The van der Waals surface area contributed by atoms with Crippen molar-refractivity contribution in [2.75, 3.05) is 7.11 Å². The molecule has 2 aliphatic rings. The molecule has 9 nitrogen and oxygen atoms in total. The predicted octanol–water partition coefficient (Wildman–Crippen LogP) is 2.04. The van der Waals surface area contributed by atoms with E-state index in [9.17, 15) is 14.4 Å². The number of ether oxygens (including phenoxy) is 1. The van der Waals surface area contributed by atoms with Crippen LogP contribution in [0.25, 0.3) is 11.2 Å². The van der Waals surface area contributed by atoms with E-state index in [-0.39, 0.29) is 35.4 Å². The van der Waals surface area contributed by atoms with Crippen LogP contribution < -0.4 is 15.7 Å². The highest BCUT2D eigenvalue weighted by Gasteiger charge is 2.28. The van der Waals surface area contributed by atoms with Gasteiger partial charge in [0.05, 0.1) is 12.8 Å². The summed E-state index contributed by atoms with van der Waals surface area (Å²) in [5.41, 5.74) is 2.68. The number of nitrogens with one attached hydrogen (secondary N) is 1. The zero-order valence-corrected chi connectivity index (χ0v) is 19.0. The van der Waals surface area contributed by atoms with Crippen LogP contribution in [0.5, 0.6) is 5.75 Å². The highest BCUT2D eigenvalue weighted by Crippen LogP contribution is 2.29. The van der Waals surface area contributed by atoms with Crippen molar-refractivity contribution in [2.45, 2.75) is 58.5 Å². The van der Waals surface area contributed by atoms with Crippen LogP contribution in [-0.2, 0) is 23.2 Å². The number of hydrogen-bond acceptors (Lipinski definition) is 6. The van der Waals surface area contributed by atoms with Crippen molar-refractivity contribution in [3.63, 3.8) is 0 Å². The summed E-state index contributed by atoms with van der Waals surface area (Å²) >= 11 is 0. The minimum atomic E-state index is -0.329. The molecule has 1 saturated carbocycles. The number of carbonyl (C=O) groups is 2. The van der Waals surface area contributed by atoms with Crippen molar-refractivity contribution in [2.24, 2.45) is 18.0 Å². The maximum atomic E-state index is 12.9. The number of ketones is 1. The summed E-state index contributed by atoms with van der Waals surface area (Å²) in [5, 5.41) is 3.01. The number of Topliss-reactive ketones (excluding diaryl/α,β-unsaturated/α-hetero) is 1. The molecule has 1 aliphatic carbocycles. The van der Waals surface area contributed by atoms with E-state index in [4.69, 9.17) is 4.74 Å². The van der Waals surface area contributed by atoms with Gasteiger partial charge in [0.1, 0.15) is 16.8 Å². The first-order chi connectivity index (χ1) is 15.3. The number of aliphatic imine (C=N–C) groups is 1. The van der Waals surface area contributed by atoms with Crippen molar-refractivity contribution in [1.29, 1.82) is 0 Å². The fourth-order valence-electron chi connectivity index (χ4n) is 4.73. The summed E-state index contributed by atoms with van der Waals surface area (Å²) in [6.45, 7) is 4.14. The lowest BCUT2D eigenvalue weighted by molar-refractivity contribution is -0.122. The van der Waals surface area contributed by atoms with Gasteiger partial charge in [-0.15, -0.1) is 0 Å². The Kier molecular flexibility index (Phi) is 5.99. The van der Waals surface area contributed by atoms with Crippen molar-refractivity contribution in [3.05, 3.63) is 33.5 Å². The molecule has 1 aliphatic heterocycles. The van der Waals surface area contributed by atoms with Gasteiger partial charge >= 0.3 is 5.69 Å². The van der Waals surface area contributed by atoms with E-state index in [0.717, 1.165) is 36.9 Å². The second-order valence-electron chi connectivity index (χ2n) is 8.68. The number of methoxy groups -OCH3 is 1. The van der Waals surface area contributed by atoms with Gasteiger partial charge in [0, 0.05) is 44.0 Å². The smallest absolute Gasteiger partial charge is 0.330 e. The molecule has 0 bridgehead atoms. The van der Waals surface area contributed by atoms with Gasteiger partial charge in [0.15, 0.2) is 11.4 Å². The van der Waals surface area contributed by atoms with Crippen molar-refractivity contribution in [1.82, 2.24) is 19.4 Å². The van der Waals surface area contributed by atoms with E-state index in [0.29, 0.717) is 29.6 Å². The molecule has 1 amide bonds. The Labute approximate surface area is 186 Å². The summed E-state index contributed by atoms with van der Waals surface area (Å²) in [6, 6.07) is 1.86. The van der Waals surface area contributed by atoms with Gasteiger partial charge < -0.3 is 10.1 Å². The molecule has 2 aromatic rings. The summed E-state index contributed by atoms with van der Waals surface area (Å²) < 4.78 is 8.87. The molecule has 0 radical (unpaired) electrons. The molecular weight excluding hydrogens is 410 g/mol. The molecule has 32 heavy (non-hydrogen) atoms. The van der Waals surface area contributed by atoms with Crippen LogP contribution in [0.2, 0.25) is 0 Å². The van der Waals surface area contributed by atoms with Crippen LogP contribution in [-0.4, -0.2) is 45.2 Å². The number of imidazole rings is 1. The van der Waals surface area contributed by atoms with E-state index in [2.05, 4.69) is 15.3 Å². The van der Waals surface area contributed by atoms with Gasteiger partial charge in [-0.25, -0.2) is 9.78 Å². The SMILES string of the molecule is COc1cc(C)nc2c1n(CC1CCC(NC(=O)C3=C(C)N=CCC3=O)CC1)c(=O)n2C. The highest BCUT2D eigenvalue weighted by atomic mass is 16.5. The fraction of sp³-hybridized carbons (Fsp3) is 0.522. The van der Waals surface area contributed by atoms with E-state index in [1.54, 1.807) is 36.4 Å². The van der Waals surface area contributed by atoms with Gasteiger partial charge in [-0.3, -0.25) is 23.7 Å². The Morgan fingerprint density at radius 2 is 1.94 bits per heavy atom. The number of aryl methyl sites for hydroxylation is 2. The molecule has 9 heteroatoms. The van der Waals surface area contributed by atoms with Gasteiger partial charge in [-0.1, -0.05) is 0 Å². The summed E-state index contributed by atoms with van der Waals surface area (Å²) in [4.78, 5) is 46.3. The van der Waals surface area contributed by atoms with E-state index in [1.165, 1.54) is 0 Å². The number of pyridine rings is 1. The largest absolute Gasteiger partial charge is 0.494 e. The zero-order valence-electron chi connectivity index (χ0n) is 19.0. The maximum absolute atomic E-state index is 12.9. The number of nitrogens with zero attached hydrogens (tertiary/aromatic N) is 4. The molecule has 3 heterocycles. The number of amides is 1. The van der Waals surface area contributed by atoms with Crippen molar-refractivity contribution >= 4 is 29.1 Å². The number of hydrogen-bond donors (Lipinski definition) is 1. The lowest BCUT2D eigenvalue weighted by Crippen LogP contribution is -2.41. The summed E-state index contributed by atoms with van der Waals surface area (Å²) in [7, 11) is 3.33. The topological polar surface area (TPSA) is 108 Å². The first kappa shape index (κ1) is 22.0. The molecule has 0 atom stereocenters. The summed E-state index contributed by atoms with van der Waals surface area (Å²) in [5.74, 6) is 0.440. The standard InChI is InChI=1S/C23H29N5O4/c1-13-11-18(32-4)20-21(25-13)27(3)23(31)28(20)12-15-5-7-16(8-6-15)26-22(30)19-14(2)24-10-9-17(19)29/h10-11,15-16H,5-9,12H2,1-4H3,(H,26,30). The molecule has 0 spiro atoms. The van der Waals surface area contributed by atoms with Crippen LogP contribution in [0.15, 0.2) is 27.1 Å². The second kappa shape index (κ2) is 8.72. The van der Waals surface area contributed by atoms with Crippen LogP contribution >= 0.6 is 0 Å². The average Bonchev–Trinajstić information content (AvgIpc) is 2.99. The molecule has 1 N–H and O–H groups in total. The van der Waals surface area contributed by atoms with E-state index in [1.807, 2.05) is 13.0 Å². The van der Waals surface area contributed by atoms with Gasteiger partial charge in [0.2, 0.25) is 0 Å². The molecule has 1 fully saturated rings. The normalized spacial score (nSPS) is 21.3. The second-order valence-corrected chi connectivity index (χ2v) is 8.68. The number of aromatic nitrogens is 3. The quantitative estimate of drug-likeness (QED) is 0.718. The van der Waals surface area contributed by atoms with E-state index < -0.39 is 0 Å². The minimum Gasteiger partial charge on any atom is -0.494 e. The van der Waals surface area contributed by atoms with Gasteiger partial charge in [-0.05, 0) is 45.4 Å². The molecule has 4 rings (SSSR count). The number of rotatable bonds is 5. The Morgan fingerprint density at radius 1 is 1.22 bits per heavy atom. The lowest BCUT2D eigenvalue weighted by atomic mass is 9.85. The summed E-state index contributed by atoms with van der Waals surface area (Å²) in [6.07, 6.45) is 5.06. The molecule has 2 aromatic heterocycles. The molecular formula is C23H29N5O4. The molecule has 0 aromatic carbocycles. The number of carbonyl (C=O) groups excluding carboxylic acids is 2. The Balaban J connectivity index is 1.45. The first-order valence-electron chi connectivity index (χ1n) is 11.0. The fourth-order valence-corrected chi connectivity index (χ4v) is 4.73.